The van der Waals surface area contributed by atoms with Crippen molar-refractivity contribution in [3.8, 4) is 0 Å². The second kappa shape index (κ2) is 10.3. The normalized spacial score (nSPS) is 14.2. The third kappa shape index (κ3) is 5.05. The Labute approximate surface area is 192 Å². The van der Waals surface area contributed by atoms with E-state index in [0.717, 1.165) is 25.7 Å². The van der Waals surface area contributed by atoms with Crippen LogP contribution in [-0.2, 0) is 17.0 Å². The number of aryl methyl sites for hydroxylation is 1. The summed E-state index contributed by atoms with van der Waals surface area (Å²) in [6.07, 6.45) is 4.38. The molecule has 7 heteroatoms. The Bertz CT molecular complexity index is 1170. The van der Waals surface area contributed by atoms with E-state index in [0.29, 0.717) is 40.5 Å². The Morgan fingerprint density at radius 3 is 2.75 bits per heavy atom. The average Bonchev–Trinajstić information content (AvgIpc) is 3.31. The zero-order valence-corrected chi connectivity index (χ0v) is 19.4. The Hall–Kier alpha value is -2.64. The highest BCUT2D eigenvalue weighted by atomic mass is 32.2. The van der Waals surface area contributed by atoms with E-state index in [1.165, 1.54) is 22.9 Å². The summed E-state index contributed by atoms with van der Waals surface area (Å²) in [5.74, 6) is 0.609. The number of amides is 1. The number of methoxy groups -OCH3 is 1. The molecule has 4 rings (SSSR count). The molecule has 0 atom stereocenters. The number of carbonyl (C=O) groups is 1. The predicted molar refractivity (Wildman–Crippen MR) is 128 cm³/mol. The molecule has 0 radical (unpaired) electrons. The Kier molecular flexibility index (Phi) is 7.27. The van der Waals surface area contributed by atoms with E-state index in [4.69, 9.17) is 9.72 Å². The average molecular weight is 452 g/mol. The predicted octanol–water partition coefficient (Wildman–Crippen LogP) is 4.32. The van der Waals surface area contributed by atoms with Crippen LogP contribution in [0.4, 0.5) is 0 Å². The molecule has 1 fully saturated rings. The summed E-state index contributed by atoms with van der Waals surface area (Å²) >= 11 is 1.53. The summed E-state index contributed by atoms with van der Waals surface area (Å²) in [4.78, 5) is 30.8. The van der Waals surface area contributed by atoms with Crippen LogP contribution in [0.5, 0.6) is 0 Å². The van der Waals surface area contributed by atoms with Crippen molar-refractivity contribution in [2.45, 2.75) is 56.1 Å². The summed E-state index contributed by atoms with van der Waals surface area (Å²) < 4.78 is 6.89. The van der Waals surface area contributed by atoms with Crippen molar-refractivity contribution in [3.05, 3.63) is 69.5 Å². The van der Waals surface area contributed by atoms with Gasteiger partial charge in [-0.05, 0) is 49.1 Å². The lowest BCUT2D eigenvalue weighted by molar-refractivity contribution is 0.0938. The van der Waals surface area contributed by atoms with Crippen molar-refractivity contribution in [1.82, 2.24) is 14.9 Å². The number of hydrogen-bond acceptors (Lipinski definition) is 5. The van der Waals surface area contributed by atoms with Gasteiger partial charge in [0.15, 0.2) is 5.16 Å². The molecular formula is C25H29N3O3S. The topological polar surface area (TPSA) is 73.2 Å². The first-order chi connectivity index (χ1) is 15.6. The van der Waals surface area contributed by atoms with Crippen molar-refractivity contribution in [3.63, 3.8) is 0 Å². The van der Waals surface area contributed by atoms with Gasteiger partial charge in [-0.1, -0.05) is 48.9 Å². The number of hydrogen-bond donors (Lipinski definition) is 1. The molecule has 0 spiro atoms. The molecule has 0 bridgehead atoms. The van der Waals surface area contributed by atoms with Crippen LogP contribution in [0.15, 0.2) is 52.4 Å². The molecule has 1 saturated carbocycles. The van der Waals surface area contributed by atoms with E-state index in [9.17, 15) is 9.59 Å². The summed E-state index contributed by atoms with van der Waals surface area (Å²) in [6, 6.07) is 13.6. The minimum atomic E-state index is -0.109. The van der Waals surface area contributed by atoms with Crippen LogP contribution in [-0.4, -0.2) is 35.2 Å². The van der Waals surface area contributed by atoms with E-state index in [1.807, 2.05) is 12.1 Å². The summed E-state index contributed by atoms with van der Waals surface area (Å²) in [6.45, 7) is 2.93. The van der Waals surface area contributed by atoms with Gasteiger partial charge in [0, 0.05) is 24.5 Å². The quantitative estimate of drug-likeness (QED) is 0.408. The van der Waals surface area contributed by atoms with Crippen LogP contribution in [0.2, 0.25) is 0 Å². The highest BCUT2D eigenvalue weighted by molar-refractivity contribution is 7.98. The number of fused-ring (bicyclic) bond motifs is 1. The number of benzene rings is 2. The number of ether oxygens (including phenoxy) is 1. The number of rotatable bonds is 8. The fourth-order valence-corrected chi connectivity index (χ4v) is 5.19. The lowest BCUT2D eigenvalue weighted by Gasteiger charge is -2.15. The van der Waals surface area contributed by atoms with Gasteiger partial charge in [0.1, 0.15) is 0 Å². The van der Waals surface area contributed by atoms with Gasteiger partial charge in [0.2, 0.25) is 0 Å². The van der Waals surface area contributed by atoms with Crippen molar-refractivity contribution in [2.75, 3.05) is 13.7 Å². The van der Waals surface area contributed by atoms with E-state index < -0.39 is 0 Å². The molecule has 1 N–H and O–H groups in total. The first-order valence-corrected chi connectivity index (χ1v) is 12.1. The van der Waals surface area contributed by atoms with Gasteiger partial charge in [0.25, 0.3) is 11.5 Å². The molecule has 1 aliphatic carbocycles. The maximum Gasteiger partial charge on any atom is 0.262 e. The van der Waals surface area contributed by atoms with Gasteiger partial charge in [-0.3, -0.25) is 14.2 Å². The summed E-state index contributed by atoms with van der Waals surface area (Å²) in [7, 11) is 1.62. The molecule has 32 heavy (non-hydrogen) atoms. The van der Waals surface area contributed by atoms with Crippen molar-refractivity contribution >= 4 is 28.6 Å². The third-order valence-electron chi connectivity index (χ3n) is 6.01. The molecule has 168 valence electrons. The van der Waals surface area contributed by atoms with Crippen molar-refractivity contribution in [2.24, 2.45) is 0 Å². The minimum Gasteiger partial charge on any atom is -0.383 e. The van der Waals surface area contributed by atoms with Gasteiger partial charge in [0.05, 0.1) is 24.1 Å². The Morgan fingerprint density at radius 2 is 2.00 bits per heavy atom. The number of nitrogens with one attached hydrogen (secondary N) is 1. The van der Waals surface area contributed by atoms with Crippen LogP contribution >= 0.6 is 11.8 Å². The molecule has 1 aromatic heterocycles. The fraction of sp³-hybridized carbons (Fsp3) is 0.400. The van der Waals surface area contributed by atoms with Crippen LogP contribution in [0.3, 0.4) is 0 Å². The first-order valence-electron chi connectivity index (χ1n) is 11.1. The number of nitrogens with zero attached hydrogens (tertiary/aromatic N) is 2. The minimum absolute atomic E-state index is 0.0988. The summed E-state index contributed by atoms with van der Waals surface area (Å²) in [5.41, 5.74) is 3.39. The second-order valence-electron chi connectivity index (χ2n) is 8.25. The Morgan fingerprint density at radius 1 is 1.22 bits per heavy atom. The van der Waals surface area contributed by atoms with Crippen molar-refractivity contribution < 1.29 is 9.53 Å². The Balaban J connectivity index is 1.66. The zero-order valence-electron chi connectivity index (χ0n) is 18.6. The highest BCUT2D eigenvalue weighted by Gasteiger charge is 2.19. The van der Waals surface area contributed by atoms with Crippen LogP contribution in [0.25, 0.3) is 10.9 Å². The third-order valence-corrected chi connectivity index (χ3v) is 7.04. The molecule has 0 saturated heterocycles. The molecule has 1 aliphatic rings. The highest BCUT2D eigenvalue weighted by Crippen LogP contribution is 2.24. The molecule has 1 amide bonds. The van der Waals surface area contributed by atoms with E-state index >= 15 is 0 Å². The second-order valence-corrected chi connectivity index (χ2v) is 9.19. The summed E-state index contributed by atoms with van der Waals surface area (Å²) in [5, 5.41) is 4.26. The van der Waals surface area contributed by atoms with Gasteiger partial charge >= 0.3 is 0 Å². The standard InChI is InChI=1S/C25H29N3O3S/c1-17-7-3-4-8-19(17)16-32-25-27-22-15-18(23(29)26-20-9-5-6-10-20)11-12-21(22)24(30)28(25)13-14-31-2/h3-4,7-8,11-12,15,20H,5-6,9-10,13-14,16H2,1-2H3,(H,26,29). The SMILES string of the molecule is COCCn1c(SCc2ccccc2C)nc2cc(C(=O)NC3CCCC3)ccc2c1=O. The monoisotopic (exact) mass is 451 g/mol. The number of carbonyl (C=O) groups excluding carboxylic acids is 1. The van der Waals surface area contributed by atoms with E-state index in [1.54, 1.807) is 29.9 Å². The first kappa shape index (κ1) is 22.6. The van der Waals surface area contributed by atoms with Gasteiger partial charge < -0.3 is 10.1 Å². The maximum atomic E-state index is 13.2. The lowest BCUT2D eigenvalue weighted by Crippen LogP contribution is -2.32. The molecule has 0 unspecified atom stereocenters. The molecule has 3 aromatic rings. The molecular weight excluding hydrogens is 422 g/mol. The smallest absolute Gasteiger partial charge is 0.262 e. The fourth-order valence-electron chi connectivity index (χ4n) is 4.09. The van der Waals surface area contributed by atoms with Gasteiger partial charge in [-0.15, -0.1) is 0 Å². The molecule has 2 aromatic carbocycles. The lowest BCUT2D eigenvalue weighted by atomic mass is 10.1. The largest absolute Gasteiger partial charge is 0.383 e. The number of thioether (sulfide) groups is 1. The van der Waals surface area contributed by atoms with Gasteiger partial charge in [-0.2, -0.15) is 0 Å². The van der Waals surface area contributed by atoms with E-state index in [-0.39, 0.29) is 17.5 Å². The number of aromatic nitrogens is 2. The van der Waals surface area contributed by atoms with Crippen molar-refractivity contribution in [1.29, 1.82) is 0 Å². The molecule has 0 aliphatic heterocycles. The maximum absolute atomic E-state index is 13.2. The molecule has 6 nitrogen and oxygen atoms in total. The van der Waals surface area contributed by atoms with Crippen LogP contribution in [0.1, 0.15) is 47.2 Å². The molecule has 1 heterocycles. The zero-order chi connectivity index (χ0) is 22.5. The van der Waals surface area contributed by atoms with E-state index in [2.05, 4.69) is 24.4 Å². The van der Waals surface area contributed by atoms with Crippen LogP contribution in [0, 0.1) is 6.92 Å². The van der Waals surface area contributed by atoms with Gasteiger partial charge in [-0.25, -0.2) is 4.98 Å². The van der Waals surface area contributed by atoms with Crippen LogP contribution < -0.4 is 10.9 Å².